The molecule has 0 bridgehead atoms. The zero-order valence-electron chi connectivity index (χ0n) is 21.4. The minimum Gasteiger partial charge on any atom is -0.447 e. The number of carbonyl (C=O) groups is 2. The van der Waals surface area contributed by atoms with Gasteiger partial charge in [0.2, 0.25) is 5.91 Å². The van der Waals surface area contributed by atoms with E-state index < -0.39 is 17.3 Å². The monoisotopic (exact) mass is 541 g/mol. The Labute approximate surface area is 225 Å². The highest BCUT2D eigenvalue weighted by molar-refractivity contribution is 8.03. The summed E-state index contributed by atoms with van der Waals surface area (Å²) in [5.41, 5.74) is 6.46. The molecule has 1 aromatic carbocycles. The number of carbonyl (C=O) groups excluding carboxylic acids is 2. The standard InChI is InChI=1S/C27H32FN5O4S/c1-26(2,36)16-6-7-18(20(28)12-16)21-13-19(23(29)34)24(38-21)31-22-5-3-4-17(30-22)14-33-10-8-27(9-11-33)15-37-25(35)32-27/h3-7,12,21,36H,8-11,13-15H2,1-2H3,(H2,29,34)(H,30,31)(H,32,35). The number of benzene rings is 1. The van der Waals surface area contributed by atoms with Gasteiger partial charge >= 0.3 is 6.09 Å². The van der Waals surface area contributed by atoms with E-state index in [1.54, 1.807) is 26.0 Å². The van der Waals surface area contributed by atoms with Gasteiger partial charge in [0, 0.05) is 36.0 Å². The number of primary amides is 1. The van der Waals surface area contributed by atoms with Crippen molar-refractivity contribution in [3.63, 3.8) is 0 Å². The highest BCUT2D eigenvalue weighted by Crippen LogP contribution is 2.48. The number of nitrogens with zero attached hydrogens (tertiary/aromatic N) is 2. The maximum Gasteiger partial charge on any atom is 0.407 e. The molecule has 2 fully saturated rings. The van der Waals surface area contributed by atoms with Crippen LogP contribution in [0, 0.1) is 5.82 Å². The van der Waals surface area contributed by atoms with Crippen LogP contribution in [0.3, 0.4) is 0 Å². The third-order valence-electron chi connectivity index (χ3n) is 7.37. The van der Waals surface area contributed by atoms with Gasteiger partial charge in [-0.25, -0.2) is 14.2 Å². The molecule has 9 nitrogen and oxygen atoms in total. The third-order valence-corrected chi connectivity index (χ3v) is 8.66. The van der Waals surface area contributed by atoms with E-state index in [4.69, 9.17) is 15.5 Å². The quantitative estimate of drug-likeness (QED) is 0.419. The average Bonchev–Trinajstić information content (AvgIpc) is 3.44. The molecule has 38 heavy (non-hydrogen) atoms. The maximum atomic E-state index is 15.0. The first-order valence-electron chi connectivity index (χ1n) is 12.6. The number of pyridine rings is 1. The van der Waals surface area contributed by atoms with Crippen molar-refractivity contribution in [2.45, 2.75) is 56.0 Å². The second-order valence-electron chi connectivity index (χ2n) is 10.7. The van der Waals surface area contributed by atoms with E-state index in [2.05, 4.69) is 15.5 Å². The first kappa shape index (κ1) is 26.5. The molecule has 3 aliphatic rings. The molecule has 11 heteroatoms. The lowest BCUT2D eigenvalue weighted by molar-refractivity contribution is -0.114. The summed E-state index contributed by atoms with van der Waals surface area (Å²) in [7, 11) is 0. The zero-order valence-corrected chi connectivity index (χ0v) is 22.2. The number of halogens is 1. The lowest BCUT2D eigenvalue weighted by Gasteiger charge is -2.37. The summed E-state index contributed by atoms with van der Waals surface area (Å²) in [6, 6.07) is 10.4. The molecule has 2 amide bonds. The van der Waals surface area contributed by atoms with Gasteiger partial charge in [-0.15, -0.1) is 0 Å². The van der Waals surface area contributed by atoms with Crippen molar-refractivity contribution in [3.8, 4) is 0 Å². The number of likely N-dealkylation sites (tertiary alicyclic amines) is 1. The summed E-state index contributed by atoms with van der Waals surface area (Å²) in [6.07, 6.45) is 1.58. The Hall–Kier alpha value is -3.15. The van der Waals surface area contributed by atoms with Crippen LogP contribution < -0.4 is 16.4 Å². The second-order valence-corrected chi connectivity index (χ2v) is 11.9. The number of hydrogen-bond acceptors (Lipinski definition) is 8. The Balaban J connectivity index is 1.25. The molecule has 1 aromatic heterocycles. The first-order chi connectivity index (χ1) is 18.0. The van der Waals surface area contributed by atoms with Crippen LogP contribution in [0.2, 0.25) is 0 Å². The van der Waals surface area contributed by atoms with E-state index in [1.807, 2.05) is 18.2 Å². The van der Waals surface area contributed by atoms with Crippen LogP contribution in [0.4, 0.5) is 15.0 Å². The van der Waals surface area contributed by atoms with Crippen LogP contribution in [0.15, 0.2) is 47.0 Å². The smallest absolute Gasteiger partial charge is 0.407 e. The minimum absolute atomic E-state index is 0.258. The van der Waals surface area contributed by atoms with Gasteiger partial charge in [-0.05, 0) is 56.9 Å². The molecule has 3 aliphatic heterocycles. The number of piperidine rings is 1. The molecule has 1 spiro atoms. The molecule has 0 radical (unpaired) electrons. The lowest BCUT2D eigenvalue weighted by atomic mass is 9.89. The van der Waals surface area contributed by atoms with Crippen LogP contribution >= 0.6 is 11.8 Å². The summed E-state index contributed by atoms with van der Waals surface area (Å²) in [5, 5.41) is 16.6. The van der Waals surface area contributed by atoms with E-state index in [0.29, 0.717) is 40.7 Å². The number of cyclic esters (lactones) is 1. The predicted molar refractivity (Wildman–Crippen MR) is 142 cm³/mol. The van der Waals surface area contributed by atoms with Crippen molar-refractivity contribution in [1.82, 2.24) is 15.2 Å². The number of aliphatic hydroxyl groups is 1. The summed E-state index contributed by atoms with van der Waals surface area (Å²) in [5.74, 6) is -0.413. The van der Waals surface area contributed by atoms with Gasteiger partial charge < -0.3 is 26.2 Å². The number of aromatic nitrogens is 1. The van der Waals surface area contributed by atoms with Crippen molar-refractivity contribution in [3.05, 3.63) is 69.6 Å². The fourth-order valence-electron chi connectivity index (χ4n) is 5.08. The molecule has 4 heterocycles. The van der Waals surface area contributed by atoms with Gasteiger partial charge in [-0.2, -0.15) is 0 Å². The van der Waals surface area contributed by atoms with Gasteiger partial charge in [0.05, 0.1) is 21.9 Å². The Morgan fingerprint density at radius 3 is 2.74 bits per heavy atom. The molecule has 1 atom stereocenters. The number of anilines is 1. The largest absolute Gasteiger partial charge is 0.447 e. The van der Waals surface area contributed by atoms with Crippen LogP contribution in [-0.2, 0) is 21.7 Å². The van der Waals surface area contributed by atoms with Crippen molar-refractivity contribution in [1.29, 1.82) is 0 Å². The van der Waals surface area contributed by atoms with Crippen LogP contribution in [-0.4, -0.2) is 52.2 Å². The number of ether oxygens (including phenoxy) is 1. The van der Waals surface area contributed by atoms with Crippen molar-refractivity contribution >= 4 is 29.6 Å². The number of rotatable bonds is 7. The summed E-state index contributed by atoms with van der Waals surface area (Å²) in [4.78, 5) is 30.7. The number of nitrogens with two attached hydrogens (primary N) is 1. The molecule has 5 rings (SSSR count). The van der Waals surface area contributed by atoms with Gasteiger partial charge in [0.25, 0.3) is 0 Å². The van der Waals surface area contributed by atoms with E-state index in [-0.39, 0.29) is 23.3 Å². The SMILES string of the molecule is CC(C)(O)c1ccc(C2CC(C(N)=O)=C(Nc3cccc(CN4CCC5(CC4)COC(=O)N5)n3)S2)c(F)c1. The number of thioether (sulfide) groups is 1. The summed E-state index contributed by atoms with van der Waals surface area (Å²) >= 11 is 1.34. The summed E-state index contributed by atoms with van der Waals surface area (Å²) in [6.45, 7) is 5.91. The molecule has 202 valence electrons. The zero-order chi connectivity index (χ0) is 27.1. The highest BCUT2D eigenvalue weighted by atomic mass is 32.2. The van der Waals surface area contributed by atoms with Crippen LogP contribution in [0.1, 0.15) is 55.2 Å². The first-order valence-corrected chi connectivity index (χ1v) is 13.5. The maximum absolute atomic E-state index is 15.0. The molecule has 5 N–H and O–H groups in total. The molecule has 2 aromatic rings. The molecular formula is C27H32FN5O4S. The van der Waals surface area contributed by atoms with E-state index in [0.717, 1.165) is 31.6 Å². The topological polar surface area (TPSA) is 130 Å². The van der Waals surface area contributed by atoms with Crippen molar-refractivity contribution in [2.24, 2.45) is 5.73 Å². The highest BCUT2D eigenvalue weighted by Gasteiger charge is 2.42. The van der Waals surface area contributed by atoms with Crippen LogP contribution in [0.25, 0.3) is 0 Å². The predicted octanol–water partition coefficient (Wildman–Crippen LogP) is 3.51. The average molecular weight is 542 g/mol. The van der Waals surface area contributed by atoms with Gasteiger partial charge in [0.1, 0.15) is 18.2 Å². The number of nitrogens with one attached hydrogen (secondary N) is 2. The van der Waals surface area contributed by atoms with Crippen molar-refractivity contribution in [2.75, 3.05) is 25.0 Å². The van der Waals surface area contributed by atoms with E-state index in [1.165, 1.54) is 17.8 Å². The molecule has 1 unspecified atom stereocenters. The van der Waals surface area contributed by atoms with Crippen molar-refractivity contribution < 1.29 is 23.8 Å². The Bertz CT molecular complexity index is 1290. The normalized spacial score (nSPS) is 21.5. The fourth-order valence-corrected chi connectivity index (χ4v) is 6.42. The number of alkyl carbamates (subject to hydrolysis) is 1. The van der Waals surface area contributed by atoms with Gasteiger partial charge in [-0.3, -0.25) is 9.69 Å². The Morgan fingerprint density at radius 1 is 1.34 bits per heavy atom. The van der Waals surface area contributed by atoms with E-state index in [9.17, 15) is 19.1 Å². The number of amides is 2. The third kappa shape index (κ3) is 5.64. The molecular weight excluding hydrogens is 509 g/mol. The summed E-state index contributed by atoms with van der Waals surface area (Å²) < 4.78 is 20.1. The lowest BCUT2D eigenvalue weighted by Crippen LogP contribution is -2.52. The molecule has 0 saturated carbocycles. The van der Waals surface area contributed by atoms with Gasteiger partial charge in [-0.1, -0.05) is 30.0 Å². The van der Waals surface area contributed by atoms with Crippen LogP contribution in [0.5, 0.6) is 0 Å². The molecule has 2 saturated heterocycles. The fraction of sp³-hybridized carbons (Fsp3) is 0.444. The molecule has 0 aliphatic carbocycles. The van der Waals surface area contributed by atoms with Gasteiger partial charge in [0.15, 0.2) is 0 Å². The van der Waals surface area contributed by atoms with E-state index >= 15 is 0 Å². The minimum atomic E-state index is -1.15. The second kappa shape index (κ2) is 10.2. The Morgan fingerprint density at radius 2 is 2.11 bits per heavy atom. The Kier molecular flexibility index (Phi) is 7.10. The number of hydrogen-bond donors (Lipinski definition) is 4.